The van der Waals surface area contributed by atoms with Crippen molar-refractivity contribution in [2.75, 3.05) is 5.32 Å². The van der Waals surface area contributed by atoms with E-state index in [2.05, 4.69) is 10.3 Å². The molecule has 4 aromatic rings. The van der Waals surface area contributed by atoms with Gasteiger partial charge in [-0.15, -0.1) is 0 Å². The van der Waals surface area contributed by atoms with Crippen molar-refractivity contribution in [3.63, 3.8) is 0 Å². The predicted octanol–water partition coefficient (Wildman–Crippen LogP) is 5.10. The molecule has 0 aliphatic carbocycles. The van der Waals surface area contributed by atoms with E-state index in [0.29, 0.717) is 28.6 Å². The van der Waals surface area contributed by atoms with Gasteiger partial charge in [0, 0.05) is 5.69 Å². The summed E-state index contributed by atoms with van der Waals surface area (Å²) in [6.45, 7) is 2.31. The largest absolute Gasteiger partial charge is 0.378 e. The number of halogens is 2. The summed E-state index contributed by atoms with van der Waals surface area (Å²) in [5.74, 6) is 0.00135. The Labute approximate surface area is 166 Å². The average Bonchev–Trinajstić information content (AvgIpc) is 2.68. The molecule has 0 aliphatic rings. The molecule has 0 saturated carbocycles. The highest BCUT2D eigenvalue weighted by Gasteiger charge is 2.15. The lowest BCUT2D eigenvalue weighted by atomic mass is 10.2. The minimum atomic E-state index is -0.484. The second-order valence-electron chi connectivity index (χ2n) is 6.50. The molecule has 0 spiro atoms. The molecule has 0 bridgehead atoms. The summed E-state index contributed by atoms with van der Waals surface area (Å²) in [7, 11) is 0. The second kappa shape index (κ2) is 7.44. The normalized spacial score (nSPS) is 11.0. The van der Waals surface area contributed by atoms with Crippen LogP contribution in [-0.2, 0) is 6.54 Å². The molecule has 1 heterocycles. The minimum Gasteiger partial charge on any atom is -0.378 e. The molecule has 1 N–H and O–H groups in total. The van der Waals surface area contributed by atoms with Crippen LogP contribution in [0.2, 0.25) is 5.02 Å². The zero-order valence-corrected chi connectivity index (χ0v) is 15.9. The monoisotopic (exact) mass is 393 g/mol. The number of nitrogens with zero attached hydrogens (tertiary/aromatic N) is 2. The average molecular weight is 394 g/mol. The molecular formula is C22H17ClFN3O. The van der Waals surface area contributed by atoms with E-state index < -0.39 is 5.82 Å². The Bertz CT molecular complexity index is 1240. The molecule has 0 fully saturated rings. The molecule has 0 aliphatic heterocycles. The lowest BCUT2D eigenvalue weighted by Gasteiger charge is -2.16. The molecule has 0 amide bonds. The number of nitrogens with one attached hydrogen (secondary N) is 1. The predicted molar refractivity (Wildman–Crippen MR) is 111 cm³/mol. The van der Waals surface area contributed by atoms with E-state index in [9.17, 15) is 9.18 Å². The number of hydrogen-bond acceptors (Lipinski definition) is 3. The smallest absolute Gasteiger partial charge is 0.266 e. The fourth-order valence-corrected chi connectivity index (χ4v) is 3.36. The van der Waals surface area contributed by atoms with E-state index in [1.165, 1.54) is 22.8 Å². The molecular weight excluding hydrogens is 377 g/mol. The zero-order valence-electron chi connectivity index (χ0n) is 15.1. The molecule has 0 unspecified atom stereocenters. The number of aromatic nitrogens is 2. The van der Waals surface area contributed by atoms with Gasteiger partial charge in [0.1, 0.15) is 11.6 Å². The maximum Gasteiger partial charge on any atom is 0.266 e. The molecule has 0 radical (unpaired) electrons. The van der Waals surface area contributed by atoms with Crippen molar-refractivity contribution in [3.05, 3.63) is 99.3 Å². The van der Waals surface area contributed by atoms with Gasteiger partial charge in [0.25, 0.3) is 5.56 Å². The van der Waals surface area contributed by atoms with Gasteiger partial charge < -0.3 is 5.32 Å². The Morgan fingerprint density at radius 1 is 1.07 bits per heavy atom. The molecule has 4 nitrogen and oxygen atoms in total. The maximum absolute atomic E-state index is 13.7. The van der Waals surface area contributed by atoms with Crippen molar-refractivity contribution in [3.8, 4) is 5.69 Å². The van der Waals surface area contributed by atoms with Gasteiger partial charge in [-0.1, -0.05) is 35.9 Å². The molecule has 1 aromatic heterocycles. The van der Waals surface area contributed by atoms with E-state index in [4.69, 9.17) is 11.6 Å². The first kappa shape index (κ1) is 18.2. The summed E-state index contributed by atoms with van der Waals surface area (Å²) in [4.78, 5) is 17.8. The first-order valence-electron chi connectivity index (χ1n) is 8.79. The fourth-order valence-electron chi connectivity index (χ4n) is 3.14. The summed E-state index contributed by atoms with van der Waals surface area (Å²) in [6.07, 6.45) is 0. The summed E-state index contributed by atoms with van der Waals surface area (Å²) in [5, 5.41) is 3.92. The van der Waals surface area contributed by atoms with Gasteiger partial charge >= 0.3 is 0 Å². The highest BCUT2D eigenvalue weighted by atomic mass is 35.5. The van der Waals surface area contributed by atoms with Crippen molar-refractivity contribution in [2.45, 2.75) is 13.5 Å². The van der Waals surface area contributed by atoms with Gasteiger partial charge in [0.05, 0.1) is 28.2 Å². The number of hydrogen-bond donors (Lipinski definition) is 1. The first-order chi connectivity index (χ1) is 13.5. The quantitative estimate of drug-likeness (QED) is 0.524. The third-order valence-electron chi connectivity index (χ3n) is 4.46. The van der Waals surface area contributed by atoms with Crippen LogP contribution < -0.4 is 10.9 Å². The molecule has 0 saturated heterocycles. The first-order valence-corrected chi connectivity index (χ1v) is 9.17. The van der Waals surface area contributed by atoms with Crippen LogP contribution in [0.5, 0.6) is 0 Å². The summed E-state index contributed by atoms with van der Waals surface area (Å²) < 4.78 is 15.2. The Morgan fingerprint density at radius 2 is 1.89 bits per heavy atom. The van der Waals surface area contributed by atoms with Gasteiger partial charge in [0.2, 0.25) is 0 Å². The van der Waals surface area contributed by atoms with Gasteiger partial charge in [-0.3, -0.25) is 9.36 Å². The number of aryl methyl sites for hydroxylation is 1. The topological polar surface area (TPSA) is 46.9 Å². The highest BCUT2D eigenvalue weighted by Crippen LogP contribution is 2.22. The fraction of sp³-hybridized carbons (Fsp3) is 0.0909. The van der Waals surface area contributed by atoms with Gasteiger partial charge in [-0.05, 0) is 55.0 Å². The Kier molecular flexibility index (Phi) is 4.84. The molecule has 28 heavy (non-hydrogen) atoms. The van der Waals surface area contributed by atoms with Crippen LogP contribution in [0.3, 0.4) is 0 Å². The SMILES string of the molecule is Cc1cccc(NCc2nc3ccc(F)cc3c(=O)n2-c2ccccc2Cl)c1. The van der Waals surface area contributed by atoms with Crippen molar-refractivity contribution in [1.82, 2.24) is 9.55 Å². The summed E-state index contributed by atoms with van der Waals surface area (Å²) in [6, 6.07) is 19.0. The lowest BCUT2D eigenvalue weighted by molar-refractivity contribution is 0.629. The number of para-hydroxylation sites is 1. The summed E-state index contributed by atoms with van der Waals surface area (Å²) >= 11 is 6.34. The van der Waals surface area contributed by atoms with Crippen LogP contribution in [0.25, 0.3) is 16.6 Å². The van der Waals surface area contributed by atoms with E-state index in [1.54, 1.807) is 24.3 Å². The molecule has 4 rings (SSSR count). The standard InChI is InChI=1S/C22H17ClFN3O/c1-14-5-4-6-16(11-14)25-13-21-26-19-10-9-15(24)12-17(19)22(28)27(21)20-8-3-2-7-18(20)23/h2-12,25H,13H2,1H3. The Balaban J connectivity index is 1.88. The maximum atomic E-state index is 13.7. The van der Waals surface area contributed by atoms with Crippen LogP contribution in [0.15, 0.2) is 71.5 Å². The van der Waals surface area contributed by atoms with E-state index in [-0.39, 0.29) is 10.9 Å². The van der Waals surface area contributed by atoms with Gasteiger partial charge in [-0.25, -0.2) is 9.37 Å². The minimum absolute atomic E-state index is 0.208. The van der Waals surface area contributed by atoms with Crippen LogP contribution >= 0.6 is 11.6 Å². The van der Waals surface area contributed by atoms with E-state index >= 15 is 0 Å². The number of benzene rings is 3. The van der Waals surface area contributed by atoms with Crippen molar-refractivity contribution < 1.29 is 4.39 Å². The van der Waals surface area contributed by atoms with Crippen LogP contribution in [0.4, 0.5) is 10.1 Å². The van der Waals surface area contributed by atoms with Crippen LogP contribution in [-0.4, -0.2) is 9.55 Å². The third-order valence-corrected chi connectivity index (χ3v) is 4.78. The number of rotatable bonds is 4. The van der Waals surface area contributed by atoms with Crippen LogP contribution in [0, 0.1) is 12.7 Å². The second-order valence-corrected chi connectivity index (χ2v) is 6.91. The van der Waals surface area contributed by atoms with Gasteiger partial charge in [0.15, 0.2) is 0 Å². The van der Waals surface area contributed by atoms with E-state index in [0.717, 1.165) is 11.3 Å². The van der Waals surface area contributed by atoms with Crippen molar-refractivity contribution in [1.29, 1.82) is 0 Å². The molecule has 6 heteroatoms. The zero-order chi connectivity index (χ0) is 19.7. The highest BCUT2D eigenvalue weighted by molar-refractivity contribution is 6.32. The molecule has 140 valence electrons. The number of fused-ring (bicyclic) bond motifs is 1. The Hall–Kier alpha value is -3.18. The van der Waals surface area contributed by atoms with E-state index in [1.807, 2.05) is 31.2 Å². The number of anilines is 1. The summed E-state index contributed by atoms with van der Waals surface area (Å²) in [5.41, 5.74) is 2.62. The van der Waals surface area contributed by atoms with Crippen molar-refractivity contribution in [2.24, 2.45) is 0 Å². The third kappa shape index (κ3) is 3.49. The molecule has 3 aromatic carbocycles. The van der Waals surface area contributed by atoms with Crippen LogP contribution in [0.1, 0.15) is 11.4 Å². The molecule has 0 atom stereocenters. The van der Waals surface area contributed by atoms with Crippen molar-refractivity contribution >= 4 is 28.2 Å². The Morgan fingerprint density at radius 3 is 2.68 bits per heavy atom. The lowest BCUT2D eigenvalue weighted by Crippen LogP contribution is -2.25. The van der Waals surface area contributed by atoms with Gasteiger partial charge in [-0.2, -0.15) is 0 Å².